The van der Waals surface area contributed by atoms with Gasteiger partial charge in [-0.25, -0.2) is 0 Å². The first-order valence-electron chi connectivity index (χ1n) is 6.75. The van der Waals surface area contributed by atoms with Gasteiger partial charge in [0.2, 0.25) is 5.91 Å². The van der Waals surface area contributed by atoms with Gasteiger partial charge in [0.1, 0.15) is 5.75 Å². The zero-order chi connectivity index (χ0) is 13.9. The van der Waals surface area contributed by atoms with E-state index in [-0.39, 0.29) is 12.5 Å². The minimum Gasteiger partial charge on any atom is -0.494 e. The molecule has 1 amide bonds. The second kappa shape index (κ2) is 5.61. The van der Waals surface area contributed by atoms with Gasteiger partial charge in [-0.1, -0.05) is 6.42 Å². The van der Waals surface area contributed by atoms with Crippen molar-refractivity contribution < 1.29 is 14.6 Å². The molecule has 1 aliphatic carbocycles. The van der Waals surface area contributed by atoms with Crippen LogP contribution < -0.4 is 9.64 Å². The van der Waals surface area contributed by atoms with E-state index in [1.165, 1.54) is 0 Å². The van der Waals surface area contributed by atoms with Crippen LogP contribution >= 0.6 is 0 Å². The number of nitrogens with zero attached hydrogens (tertiary/aromatic N) is 1. The molecule has 0 atom stereocenters. The van der Waals surface area contributed by atoms with Gasteiger partial charge in [0, 0.05) is 12.7 Å². The summed E-state index contributed by atoms with van der Waals surface area (Å²) in [6, 6.07) is 7.45. The Kier molecular flexibility index (Phi) is 4.10. The molecule has 0 radical (unpaired) electrons. The highest BCUT2D eigenvalue weighted by molar-refractivity contribution is 5.97. The van der Waals surface area contributed by atoms with E-state index >= 15 is 0 Å². The van der Waals surface area contributed by atoms with Crippen LogP contribution in [0.2, 0.25) is 0 Å². The number of aliphatic hydroxyl groups excluding tert-OH is 1. The molecule has 104 valence electrons. The molecule has 2 rings (SSSR count). The van der Waals surface area contributed by atoms with Gasteiger partial charge in [0.05, 0.1) is 18.6 Å². The maximum atomic E-state index is 12.4. The summed E-state index contributed by atoms with van der Waals surface area (Å²) >= 11 is 0. The molecule has 0 spiro atoms. The van der Waals surface area contributed by atoms with E-state index in [4.69, 9.17) is 4.74 Å². The van der Waals surface area contributed by atoms with E-state index in [1.807, 2.05) is 31.2 Å². The highest BCUT2D eigenvalue weighted by atomic mass is 16.5. The van der Waals surface area contributed by atoms with Crippen LogP contribution in [0.15, 0.2) is 24.3 Å². The maximum Gasteiger partial charge on any atom is 0.235 e. The maximum absolute atomic E-state index is 12.4. The van der Waals surface area contributed by atoms with Crippen LogP contribution in [-0.4, -0.2) is 31.3 Å². The molecule has 0 unspecified atom stereocenters. The molecule has 4 nitrogen and oxygen atoms in total. The molecule has 1 saturated carbocycles. The van der Waals surface area contributed by atoms with Crippen molar-refractivity contribution in [1.82, 2.24) is 0 Å². The molecule has 0 aromatic heterocycles. The third-order valence-electron chi connectivity index (χ3n) is 3.91. The van der Waals surface area contributed by atoms with Gasteiger partial charge >= 0.3 is 0 Å². The summed E-state index contributed by atoms with van der Waals surface area (Å²) < 4.78 is 5.38. The number of hydrogen-bond acceptors (Lipinski definition) is 3. The largest absolute Gasteiger partial charge is 0.494 e. The number of anilines is 1. The van der Waals surface area contributed by atoms with Crippen molar-refractivity contribution in [1.29, 1.82) is 0 Å². The minimum atomic E-state index is -0.548. The summed E-state index contributed by atoms with van der Waals surface area (Å²) in [5.74, 6) is 0.804. The zero-order valence-corrected chi connectivity index (χ0v) is 11.6. The van der Waals surface area contributed by atoms with E-state index in [2.05, 4.69) is 0 Å². The summed E-state index contributed by atoms with van der Waals surface area (Å²) in [6.07, 6.45) is 2.58. The van der Waals surface area contributed by atoms with Crippen molar-refractivity contribution in [3.63, 3.8) is 0 Å². The Labute approximate surface area is 114 Å². The smallest absolute Gasteiger partial charge is 0.235 e. The second-order valence-electron chi connectivity index (χ2n) is 5.08. The Morgan fingerprint density at radius 2 is 2.00 bits per heavy atom. The van der Waals surface area contributed by atoms with Gasteiger partial charge in [-0.2, -0.15) is 0 Å². The molecule has 1 aliphatic rings. The van der Waals surface area contributed by atoms with E-state index in [0.29, 0.717) is 6.61 Å². The van der Waals surface area contributed by atoms with E-state index in [1.54, 1.807) is 11.9 Å². The first-order chi connectivity index (χ1) is 9.13. The van der Waals surface area contributed by atoms with Gasteiger partial charge in [-0.05, 0) is 44.0 Å². The number of hydrogen-bond donors (Lipinski definition) is 1. The molecular weight excluding hydrogens is 242 g/mol. The lowest BCUT2D eigenvalue weighted by Gasteiger charge is -2.41. The molecular formula is C15H21NO3. The lowest BCUT2D eigenvalue weighted by atomic mass is 9.68. The third kappa shape index (κ3) is 2.59. The number of ether oxygens (including phenoxy) is 1. The van der Waals surface area contributed by atoms with Crippen molar-refractivity contribution in [3.05, 3.63) is 24.3 Å². The average Bonchev–Trinajstić information content (AvgIpc) is 2.38. The van der Waals surface area contributed by atoms with Crippen LogP contribution in [0.25, 0.3) is 0 Å². The van der Waals surface area contributed by atoms with Crippen molar-refractivity contribution in [3.8, 4) is 5.75 Å². The SMILES string of the molecule is CCOc1ccc(N(C)C(=O)C2(CO)CCC2)cc1. The van der Waals surface area contributed by atoms with Crippen LogP contribution in [-0.2, 0) is 4.79 Å². The Morgan fingerprint density at radius 3 is 2.42 bits per heavy atom. The zero-order valence-electron chi connectivity index (χ0n) is 11.6. The molecule has 0 bridgehead atoms. The van der Waals surface area contributed by atoms with Gasteiger partial charge in [0.25, 0.3) is 0 Å². The summed E-state index contributed by atoms with van der Waals surface area (Å²) in [6.45, 7) is 2.50. The summed E-state index contributed by atoms with van der Waals surface area (Å²) in [7, 11) is 1.76. The Hall–Kier alpha value is -1.55. The van der Waals surface area contributed by atoms with Gasteiger partial charge in [-0.3, -0.25) is 4.79 Å². The fourth-order valence-corrected chi connectivity index (χ4v) is 2.45. The molecule has 0 heterocycles. The fourth-order valence-electron chi connectivity index (χ4n) is 2.45. The van der Waals surface area contributed by atoms with Gasteiger partial charge in [-0.15, -0.1) is 0 Å². The number of benzene rings is 1. The van der Waals surface area contributed by atoms with Gasteiger partial charge < -0.3 is 14.7 Å². The van der Waals surface area contributed by atoms with Crippen LogP contribution in [0.1, 0.15) is 26.2 Å². The van der Waals surface area contributed by atoms with Crippen molar-refractivity contribution in [2.24, 2.45) is 5.41 Å². The van der Waals surface area contributed by atoms with Crippen molar-refractivity contribution in [2.45, 2.75) is 26.2 Å². The highest BCUT2D eigenvalue weighted by Crippen LogP contribution is 2.42. The first-order valence-corrected chi connectivity index (χ1v) is 6.75. The quantitative estimate of drug-likeness (QED) is 0.886. The van der Waals surface area contributed by atoms with E-state index in [0.717, 1.165) is 30.7 Å². The predicted molar refractivity (Wildman–Crippen MR) is 74.4 cm³/mol. The number of rotatable bonds is 5. The second-order valence-corrected chi connectivity index (χ2v) is 5.08. The molecule has 1 N–H and O–H groups in total. The number of carbonyl (C=O) groups is 1. The Bertz CT molecular complexity index is 432. The van der Waals surface area contributed by atoms with E-state index in [9.17, 15) is 9.90 Å². The van der Waals surface area contributed by atoms with Gasteiger partial charge in [0.15, 0.2) is 0 Å². The summed E-state index contributed by atoms with van der Waals surface area (Å²) in [5, 5.41) is 9.45. The molecule has 0 saturated heterocycles. The lowest BCUT2D eigenvalue weighted by Crippen LogP contribution is -2.49. The number of amides is 1. The van der Waals surface area contributed by atoms with Crippen LogP contribution in [0.3, 0.4) is 0 Å². The Balaban J connectivity index is 2.10. The fraction of sp³-hybridized carbons (Fsp3) is 0.533. The number of aliphatic hydroxyl groups is 1. The average molecular weight is 263 g/mol. The monoisotopic (exact) mass is 263 g/mol. The standard InChI is InChI=1S/C15H21NO3/c1-3-19-13-7-5-12(6-8-13)16(2)14(18)15(11-17)9-4-10-15/h5-8,17H,3-4,9-11H2,1-2H3. The normalized spacial score (nSPS) is 16.6. The minimum absolute atomic E-state index is 0.00501. The lowest BCUT2D eigenvalue weighted by molar-refractivity contribution is -0.136. The predicted octanol–water partition coefficient (Wildman–Crippen LogP) is 2.21. The highest BCUT2D eigenvalue weighted by Gasteiger charge is 2.45. The molecule has 19 heavy (non-hydrogen) atoms. The molecule has 0 aliphatic heterocycles. The molecule has 4 heteroatoms. The number of carbonyl (C=O) groups excluding carboxylic acids is 1. The van der Waals surface area contributed by atoms with Crippen LogP contribution in [0.4, 0.5) is 5.69 Å². The molecule has 1 aromatic rings. The van der Waals surface area contributed by atoms with Crippen LogP contribution in [0.5, 0.6) is 5.75 Å². The van der Waals surface area contributed by atoms with Crippen molar-refractivity contribution >= 4 is 11.6 Å². The van der Waals surface area contributed by atoms with Crippen LogP contribution in [0, 0.1) is 5.41 Å². The molecule has 1 aromatic carbocycles. The molecule has 1 fully saturated rings. The first kappa shape index (κ1) is 13.9. The topological polar surface area (TPSA) is 49.8 Å². The third-order valence-corrected chi connectivity index (χ3v) is 3.91. The van der Waals surface area contributed by atoms with Crippen molar-refractivity contribution in [2.75, 3.05) is 25.2 Å². The Morgan fingerprint density at radius 1 is 1.37 bits per heavy atom. The summed E-state index contributed by atoms with van der Waals surface area (Å²) in [5.41, 5.74) is 0.279. The summed E-state index contributed by atoms with van der Waals surface area (Å²) in [4.78, 5) is 14.1. The van der Waals surface area contributed by atoms with E-state index < -0.39 is 5.41 Å².